The van der Waals surface area contributed by atoms with E-state index >= 15 is 0 Å². The molecule has 0 atom stereocenters. The zero-order valence-electron chi connectivity index (χ0n) is 12.7. The minimum Gasteiger partial charge on any atom is -0.550 e. The van der Waals surface area contributed by atoms with E-state index in [4.69, 9.17) is 12.2 Å². The number of hydrogen-bond donors (Lipinski definition) is 0. The van der Waals surface area contributed by atoms with Gasteiger partial charge in [0.15, 0.2) is 0 Å². The second-order valence-corrected chi connectivity index (χ2v) is 6.78. The molecule has 6 heteroatoms. The number of thioether (sulfide) groups is 1. The highest BCUT2D eigenvalue weighted by Crippen LogP contribution is 2.32. The summed E-state index contributed by atoms with van der Waals surface area (Å²) in [7, 11) is 0. The molecule has 4 nitrogen and oxygen atoms in total. The van der Waals surface area contributed by atoms with Crippen molar-refractivity contribution in [2.75, 3.05) is 6.54 Å². The van der Waals surface area contributed by atoms with Crippen molar-refractivity contribution >= 4 is 46.3 Å². The quantitative estimate of drug-likeness (QED) is 0.585. The van der Waals surface area contributed by atoms with E-state index in [0.717, 1.165) is 11.1 Å². The fourth-order valence-electron chi connectivity index (χ4n) is 2.13. The van der Waals surface area contributed by atoms with Crippen molar-refractivity contribution < 1.29 is 14.7 Å². The Kier molecular flexibility index (Phi) is 6.12. The molecule has 1 amide bonds. The number of carboxylic acid groups (broad SMARTS) is 1. The average Bonchev–Trinajstić information content (AvgIpc) is 2.75. The molecule has 2 rings (SSSR count). The van der Waals surface area contributed by atoms with Gasteiger partial charge in [-0.3, -0.25) is 9.69 Å². The maximum absolute atomic E-state index is 12.3. The molecule has 1 heterocycles. The van der Waals surface area contributed by atoms with Crippen LogP contribution in [0.15, 0.2) is 46.9 Å². The van der Waals surface area contributed by atoms with Crippen LogP contribution in [0.2, 0.25) is 0 Å². The molecule has 0 bridgehead atoms. The summed E-state index contributed by atoms with van der Waals surface area (Å²) in [5.74, 6) is -1.29. The minimum atomic E-state index is -1.12. The number of nitrogens with zero attached hydrogens (tertiary/aromatic N) is 1. The third-order valence-corrected chi connectivity index (χ3v) is 4.57. The summed E-state index contributed by atoms with van der Waals surface area (Å²) in [6.07, 6.45) is 4.05. The Morgan fingerprint density at radius 3 is 2.70 bits per heavy atom. The minimum absolute atomic E-state index is 0.0803. The largest absolute Gasteiger partial charge is 0.550 e. The maximum atomic E-state index is 12.3. The number of allylic oxidation sites excluding steroid dienone is 2. The van der Waals surface area contributed by atoms with Gasteiger partial charge in [-0.1, -0.05) is 60.4 Å². The van der Waals surface area contributed by atoms with Gasteiger partial charge >= 0.3 is 0 Å². The van der Waals surface area contributed by atoms with E-state index < -0.39 is 5.97 Å². The Bertz CT molecular complexity index is 680. The fourth-order valence-corrected chi connectivity index (χ4v) is 3.49. The van der Waals surface area contributed by atoms with E-state index in [1.165, 1.54) is 16.7 Å². The van der Waals surface area contributed by atoms with Gasteiger partial charge in [0, 0.05) is 12.5 Å². The topological polar surface area (TPSA) is 60.4 Å². The number of hydrogen-bond acceptors (Lipinski definition) is 5. The van der Waals surface area contributed by atoms with Gasteiger partial charge in [-0.05, 0) is 37.0 Å². The summed E-state index contributed by atoms with van der Waals surface area (Å²) in [6, 6.07) is 9.83. The van der Waals surface area contributed by atoms with E-state index in [1.807, 2.05) is 49.4 Å². The highest BCUT2D eigenvalue weighted by atomic mass is 32.2. The van der Waals surface area contributed by atoms with Gasteiger partial charge in [-0.2, -0.15) is 0 Å². The van der Waals surface area contributed by atoms with Gasteiger partial charge in [0.05, 0.1) is 4.91 Å². The van der Waals surface area contributed by atoms with Crippen molar-refractivity contribution in [3.63, 3.8) is 0 Å². The summed E-state index contributed by atoms with van der Waals surface area (Å²) in [5, 5.41) is 10.4. The van der Waals surface area contributed by atoms with Crippen molar-refractivity contribution in [1.82, 2.24) is 4.90 Å². The first kappa shape index (κ1) is 17.4. The zero-order chi connectivity index (χ0) is 16.8. The molecule has 1 saturated heterocycles. The lowest BCUT2D eigenvalue weighted by Gasteiger charge is -2.14. The molecule has 0 aromatic heterocycles. The molecule has 1 aliphatic heterocycles. The van der Waals surface area contributed by atoms with Crippen LogP contribution in [0.3, 0.4) is 0 Å². The van der Waals surface area contributed by atoms with Crippen molar-refractivity contribution in [2.24, 2.45) is 0 Å². The molecule has 1 aromatic carbocycles. The van der Waals surface area contributed by atoms with Gasteiger partial charge in [-0.15, -0.1) is 0 Å². The molecule has 120 valence electrons. The number of benzene rings is 1. The third-order valence-electron chi connectivity index (χ3n) is 3.19. The first-order valence-electron chi connectivity index (χ1n) is 7.16. The number of aliphatic carboxylic acids is 1. The molecular formula is C17H16NO3S2-. The number of carbonyl (C=O) groups excluding carboxylic acids is 2. The van der Waals surface area contributed by atoms with E-state index in [1.54, 1.807) is 0 Å². The molecule has 0 aliphatic carbocycles. The first-order valence-corrected chi connectivity index (χ1v) is 8.38. The molecule has 0 saturated carbocycles. The van der Waals surface area contributed by atoms with Gasteiger partial charge in [-0.25, -0.2) is 0 Å². The lowest BCUT2D eigenvalue weighted by Crippen LogP contribution is -2.30. The Hall–Kier alpha value is -1.92. The average molecular weight is 346 g/mol. The SMILES string of the molecule is CC(=Cc1ccccc1)C=C1SC(=S)N(CCCC(=O)[O-])C1=O. The lowest BCUT2D eigenvalue weighted by molar-refractivity contribution is -0.305. The van der Waals surface area contributed by atoms with Gasteiger partial charge < -0.3 is 9.90 Å². The van der Waals surface area contributed by atoms with Crippen molar-refractivity contribution in [2.45, 2.75) is 19.8 Å². The number of amides is 1. The van der Waals surface area contributed by atoms with E-state index in [0.29, 0.717) is 22.2 Å². The standard InChI is InChI=1S/C17H17NO3S2/c1-12(10-13-6-3-2-4-7-13)11-14-16(21)18(17(22)23-14)9-5-8-15(19)20/h2-4,6-7,10-11H,5,8-9H2,1H3,(H,19,20)/p-1. The first-order chi connectivity index (χ1) is 11.0. The number of thiocarbonyl (C=S) groups is 1. The summed E-state index contributed by atoms with van der Waals surface area (Å²) in [5.41, 5.74) is 2.01. The molecular weight excluding hydrogens is 330 g/mol. The molecule has 0 unspecified atom stereocenters. The van der Waals surface area contributed by atoms with Crippen molar-refractivity contribution in [3.05, 3.63) is 52.4 Å². The number of carboxylic acids is 1. The number of carbonyl (C=O) groups is 2. The maximum Gasteiger partial charge on any atom is 0.266 e. The summed E-state index contributed by atoms with van der Waals surface area (Å²) >= 11 is 6.45. The summed E-state index contributed by atoms with van der Waals surface area (Å²) < 4.78 is 0.465. The van der Waals surface area contributed by atoms with Crippen LogP contribution >= 0.6 is 24.0 Å². The Morgan fingerprint density at radius 2 is 2.04 bits per heavy atom. The van der Waals surface area contributed by atoms with Crippen LogP contribution < -0.4 is 5.11 Å². The second-order valence-electron chi connectivity index (χ2n) is 5.11. The normalized spacial score (nSPS) is 17.2. The molecule has 23 heavy (non-hydrogen) atoms. The summed E-state index contributed by atoms with van der Waals surface area (Å²) in [6.45, 7) is 2.23. The van der Waals surface area contributed by atoms with Crippen molar-refractivity contribution in [1.29, 1.82) is 0 Å². The van der Waals surface area contributed by atoms with Gasteiger partial charge in [0.25, 0.3) is 5.91 Å². The Labute approximate surface area is 144 Å². The van der Waals surface area contributed by atoms with Crippen LogP contribution in [0.5, 0.6) is 0 Å². The molecule has 0 spiro atoms. The van der Waals surface area contributed by atoms with Gasteiger partial charge in [0.2, 0.25) is 0 Å². The van der Waals surface area contributed by atoms with Crippen LogP contribution in [0.1, 0.15) is 25.3 Å². The predicted octanol–water partition coefficient (Wildman–Crippen LogP) is 2.36. The fraction of sp³-hybridized carbons (Fsp3) is 0.235. The second kappa shape index (κ2) is 8.08. The van der Waals surface area contributed by atoms with Crippen LogP contribution in [-0.4, -0.2) is 27.6 Å². The highest BCUT2D eigenvalue weighted by Gasteiger charge is 2.31. The molecule has 1 aromatic rings. The molecule has 1 fully saturated rings. The van der Waals surface area contributed by atoms with Crippen LogP contribution in [-0.2, 0) is 9.59 Å². The van der Waals surface area contributed by atoms with Crippen molar-refractivity contribution in [3.8, 4) is 0 Å². The third kappa shape index (κ3) is 5.04. The molecule has 0 radical (unpaired) electrons. The Morgan fingerprint density at radius 1 is 1.35 bits per heavy atom. The number of rotatable bonds is 6. The van der Waals surface area contributed by atoms with Gasteiger partial charge in [0.1, 0.15) is 4.32 Å². The predicted molar refractivity (Wildman–Crippen MR) is 94.3 cm³/mol. The summed E-state index contributed by atoms with van der Waals surface area (Å²) in [4.78, 5) is 24.8. The Balaban J connectivity index is 2.06. The van der Waals surface area contributed by atoms with E-state index in [-0.39, 0.29) is 12.3 Å². The lowest BCUT2D eigenvalue weighted by atomic mass is 10.1. The highest BCUT2D eigenvalue weighted by molar-refractivity contribution is 8.26. The molecule has 0 N–H and O–H groups in total. The smallest absolute Gasteiger partial charge is 0.266 e. The zero-order valence-corrected chi connectivity index (χ0v) is 14.3. The molecule has 1 aliphatic rings. The van der Waals surface area contributed by atoms with Crippen LogP contribution in [0, 0.1) is 0 Å². The van der Waals surface area contributed by atoms with Crippen LogP contribution in [0.25, 0.3) is 6.08 Å². The van der Waals surface area contributed by atoms with E-state index in [9.17, 15) is 14.7 Å². The van der Waals surface area contributed by atoms with Crippen LogP contribution in [0.4, 0.5) is 0 Å². The monoisotopic (exact) mass is 346 g/mol. The van der Waals surface area contributed by atoms with E-state index in [2.05, 4.69) is 0 Å².